The van der Waals surface area contributed by atoms with Crippen LogP contribution in [0.15, 0.2) is 12.2 Å². The van der Waals surface area contributed by atoms with Crippen LogP contribution < -0.4 is 59.1 Å². The summed E-state index contributed by atoms with van der Waals surface area (Å²) in [5, 5.41) is 31.9. The second kappa shape index (κ2) is 16.5. The van der Waals surface area contributed by atoms with Crippen LogP contribution in [-0.4, -0.2) is 103 Å². The van der Waals surface area contributed by atoms with Crippen LogP contribution in [0.5, 0.6) is 0 Å². The molecule has 1 saturated heterocycles. The summed E-state index contributed by atoms with van der Waals surface area (Å²) in [6, 6.07) is 0. The molecular weight excluding hydrogens is 726 g/mol. The molecule has 274 valence electrons. The van der Waals surface area contributed by atoms with Gasteiger partial charge in [0.2, 0.25) is 20.8 Å². The fourth-order valence-corrected chi connectivity index (χ4v) is 10.8. The van der Waals surface area contributed by atoms with Gasteiger partial charge in [0.15, 0.2) is 12.4 Å². The molecular formula is C30H44Na2O16S2. The zero-order valence-corrected chi connectivity index (χ0v) is 34.6. The van der Waals surface area contributed by atoms with E-state index in [1.165, 1.54) is 0 Å². The van der Waals surface area contributed by atoms with Crippen molar-refractivity contribution in [1.29, 1.82) is 0 Å². The third-order valence-electron chi connectivity index (χ3n) is 11.5. The molecule has 2 bridgehead atoms. The molecule has 1 heterocycles. The van der Waals surface area contributed by atoms with Crippen LogP contribution >= 0.6 is 0 Å². The number of hydrogen-bond acceptors (Lipinski definition) is 15. The number of hydrogen-bond donors (Lipinski definition) is 3. The van der Waals surface area contributed by atoms with Crippen molar-refractivity contribution in [3.63, 3.8) is 0 Å². The summed E-state index contributed by atoms with van der Waals surface area (Å²) in [5.41, 5.74) is -0.359. The van der Waals surface area contributed by atoms with E-state index in [2.05, 4.69) is 14.9 Å². The van der Waals surface area contributed by atoms with Crippen LogP contribution in [-0.2, 0) is 53.0 Å². The van der Waals surface area contributed by atoms with Crippen LogP contribution in [0, 0.1) is 40.4 Å². The third kappa shape index (κ3) is 9.03. The number of fused-ring (bicyclic) bond motifs is 3. The molecule has 0 aromatic rings. The summed E-state index contributed by atoms with van der Waals surface area (Å²) in [7, 11) is -11.3. The number of rotatable bonds is 11. The van der Waals surface area contributed by atoms with E-state index >= 15 is 0 Å². The minimum atomic E-state index is -5.69. The van der Waals surface area contributed by atoms with Crippen molar-refractivity contribution in [1.82, 2.24) is 0 Å². The van der Waals surface area contributed by atoms with Gasteiger partial charge in [0.25, 0.3) is 0 Å². The molecule has 5 rings (SSSR count). The first kappa shape index (κ1) is 44.7. The van der Waals surface area contributed by atoms with Gasteiger partial charge in [0, 0.05) is 11.8 Å². The number of carbonyl (C=O) groups is 2. The number of aliphatic hydroxyl groups excluding tert-OH is 2. The Bertz CT molecular complexity index is 1490. The van der Waals surface area contributed by atoms with Gasteiger partial charge in [-0.3, -0.25) is 18.0 Å². The molecule has 50 heavy (non-hydrogen) atoms. The van der Waals surface area contributed by atoms with Crippen molar-refractivity contribution in [2.24, 2.45) is 40.4 Å². The molecule has 4 saturated carbocycles. The Morgan fingerprint density at radius 2 is 1.64 bits per heavy atom. The largest absolute Gasteiger partial charge is 1.00 e. The van der Waals surface area contributed by atoms with Gasteiger partial charge in [-0.15, -0.1) is 0 Å². The molecule has 0 aromatic carbocycles. The molecule has 3 N–H and O–H groups in total. The quantitative estimate of drug-likeness (QED) is 0.0444. The van der Waals surface area contributed by atoms with E-state index in [9.17, 15) is 50.8 Å². The standard InChI is InChI=1S/C30H46O16S2.2Na/c1-14(2)9-22(32)44-25-24(46-48(39,40)41)23(45-47(36,37)38)20(13-31)43-28(25)42-17-10-18(27(34)35)19-7-8-30-11-16(15(3)26(30)33)5-6-21(30)29(19,4)12-17;;/h14,16-21,23-26,28,31,33H,3,5-13H2,1-2,4H3,(H,34,35)(H,36,37,38)(H,39,40,41);;/q;2*+1/p-2/t16-,17+,18+,19+,20+,21-,23+,24-,25+,26-,28-,29+,30+;;/m0../s1. The normalized spacial score (nSPS) is 41.3. The number of ether oxygens (including phenoxy) is 3. The van der Waals surface area contributed by atoms with Crippen molar-refractivity contribution in [3.05, 3.63) is 12.2 Å². The minimum absolute atomic E-state index is 0. The maximum absolute atomic E-state index is 12.9. The van der Waals surface area contributed by atoms with Gasteiger partial charge < -0.3 is 38.6 Å². The van der Waals surface area contributed by atoms with Crippen LogP contribution in [0.4, 0.5) is 0 Å². The number of carbonyl (C=O) groups excluding carboxylic acids is 1. The maximum Gasteiger partial charge on any atom is 1.00 e. The van der Waals surface area contributed by atoms with Crippen LogP contribution in [0.1, 0.15) is 72.1 Å². The Hall–Kier alpha value is 0.260. The van der Waals surface area contributed by atoms with Gasteiger partial charge in [0.1, 0.15) is 18.3 Å². The van der Waals surface area contributed by atoms with Crippen LogP contribution in [0.25, 0.3) is 0 Å². The smallest absolute Gasteiger partial charge is 0.726 e. The van der Waals surface area contributed by atoms with Crippen molar-refractivity contribution < 1.29 is 133 Å². The Morgan fingerprint density at radius 1 is 1.02 bits per heavy atom. The SMILES string of the molecule is C=C1[C@H]2CC[C@H]3[C@]4(C)C[C@H](O[C@H]5O[C@H](CO)[C@@H](OS(=O)(=O)[O-])[C@H](OS(=O)(=O)[O-])[C@H]5OC(=O)CC(C)C)C[C@@H](C(=O)O)[C@H]4CC[C@]3(C2)[C@H]1O.[Na+].[Na+]. The van der Waals surface area contributed by atoms with Crippen molar-refractivity contribution in [3.8, 4) is 0 Å². The molecule has 0 radical (unpaired) electrons. The molecule has 1 aliphatic heterocycles. The Morgan fingerprint density at radius 3 is 2.20 bits per heavy atom. The summed E-state index contributed by atoms with van der Waals surface area (Å²) in [4.78, 5) is 25.6. The number of aliphatic carboxylic acids is 1. The molecule has 0 aromatic heterocycles. The minimum Gasteiger partial charge on any atom is -0.726 e. The van der Waals surface area contributed by atoms with Crippen LogP contribution in [0.2, 0.25) is 0 Å². The van der Waals surface area contributed by atoms with Crippen molar-refractivity contribution >= 4 is 32.7 Å². The van der Waals surface area contributed by atoms with Crippen molar-refractivity contribution in [2.45, 2.75) is 115 Å². The summed E-state index contributed by atoms with van der Waals surface area (Å²) in [6.07, 6.45) is -8.49. The van der Waals surface area contributed by atoms with E-state index < -0.39 is 99.0 Å². The van der Waals surface area contributed by atoms with E-state index in [1.807, 2.05) is 6.92 Å². The predicted molar refractivity (Wildman–Crippen MR) is 159 cm³/mol. The topological polar surface area (TPSA) is 255 Å². The third-order valence-corrected chi connectivity index (χ3v) is 12.4. The predicted octanol–water partition coefficient (Wildman–Crippen LogP) is -5.01. The average Bonchev–Trinajstić information content (AvgIpc) is 3.12. The monoisotopic (exact) mass is 770 g/mol. The van der Waals surface area contributed by atoms with E-state index in [0.29, 0.717) is 12.8 Å². The second-order valence-corrected chi connectivity index (χ2v) is 16.8. The molecule has 20 heteroatoms. The molecule has 5 fully saturated rings. The molecule has 4 aliphatic carbocycles. The summed E-state index contributed by atoms with van der Waals surface area (Å²) < 4.78 is 96.9. The molecule has 0 amide bonds. The Labute approximate surface area is 336 Å². The zero-order valence-electron chi connectivity index (χ0n) is 29.0. The molecule has 13 atom stereocenters. The summed E-state index contributed by atoms with van der Waals surface area (Å²) >= 11 is 0. The first-order valence-electron chi connectivity index (χ1n) is 16.2. The van der Waals surface area contributed by atoms with E-state index in [0.717, 1.165) is 24.8 Å². The fraction of sp³-hybridized carbons (Fsp3) is 0.867. The van der Waals surface area contributed by atoms with Crippen LogP contribution in [0.3, 0.4) is 0 Å². The van der Waals surface area contributed by atoms with Gasteiger partial charge >= 0.3 is 71.1 Å². The number of carboxylic acids is 1. The molecule has 5 aliphatic rings. The summed E-state index contributed by atoms with van der Waals surface area (Å²) in [6.45, 7) is 8.41. The van der Waals surface area contributed by atoms with Gasteiger partial charge in [-0.1, -0.05) is 27.4 Å². The second-order valence-electron chi connectivity index (χ2n) is 14.8. The van der Waals surface area contributed by atoms with E-state index in [1.54, 1.807) is 13.8 Å². The average molecular weight is 771 g/mol. The Balaban J connectivity index is 0.00000338. The molecule has 0 unspecified atom stereocenters. The molecule has 16 nitrogen and oxygen atoms in total. The van der Waals surface area contributed by atoms with Crippen molar-refractivity contribution in [2.75, 3.05) is 6.61 Å². The van der Waals surface area contributed by atoms with E-state index in [4.69, 9.17) is 14.2 Å². The first-order valence-corrected chi connectivity index (χ1v) is 18.8. The van der Waals surface area contributed by atoms with Gasteiger partial charge in [-0.25, -0.2) is 16.8 Å². The number of carboxylic acid groups (broad SMARTS) is 1. The van der Waals surface area contributed by atoms with Gasteiger partial charge in [-0.2, -0.15) is 0 Å². The summed E-state index contributed by atoms with van der Waals surface area (Å²) in [5.74, 6) is -3.38. The van der Waals surface area contributed by atoms with Gasteiger partial charge in [0.05, 0.1) is 24.7 Å². The molecule has 1 spiro atoms. The number of esters is 1. The first-order chi connectivity index (χ1) is 22.2. The number of aliphatic hydroxyl groups is 2. The fourth-order valence-electron chi connectivity index (χ4n) is 9.81. The van der Waals surface area contributed by atoms with E-state index in [-0.39, 0.29) is 102 Å². The van der Waals surface area contributed by atoms with Gasteiger partial charge in [-0.05, 0) is 79.6 Å². The Kier molecular flexibility index (Phi) is 14.8. The maximum atomic E-state index is 12.9. The zero-order chi connectivity index (χ0) is 35.6.